The Morgan fingerprint density at radius 1 is 1.15 bits per heavy atom. The predicted molar refractivity (Wildman–Crippen MR) is 131 cm³/mol. The van der Waals surface area contributed by atoms with Crippen LogP contribution in [0.1, 0.15) is 22.8 Å². The largest absolute Gasteiger partial charge is 0.464 e. The summed E-state index contributed by atoms with van der Waals surface area (Å²) in [6.45, 7) is 8.82. The molecule has 0 atom stereocenters. The van der Waals surface area contributed by atoms with E-state index in [0.717, 1.165) is 28.9 Å². The van der Waals surface area contributed by atoms with E-state index < -0.39 is 11.9 Å². The van der Waals surface area contributed by atoms with Gasteiger partial charge in [-0.25, -0.2) is 4.79 Å². The molecule has 9 nitrogen and oxygen atoms in total. The Kier molecular flexibility index (Phi) is 8.72. The Hall–Kier alpha value is -4.40. The molecule has 1 aliphatic rings. The molecule has 0 aromatic heterocycles. The molecular weight excluding hydrogens is 436 g/mol. The molecule has 0 bridgehead atoms. The summed E-state index contributed by atoms with van der Waals surface area (Å²) in [5.74, 6) is -1.81. The number of rotatable bonds is 7. The van der Waals surface area contributed by atoms with Crippen LogP contribution >= 0.6 is 0 Å². The van der Waals surface area contributed by atoms with Gasteiger partial charge in [-0.2, -0.15) is 0 Å². The molecule has 0 aliphatic carbocycles. The second-order valence-electron chi connectivity index (χ2n) is 7.16. The summed E-state index contributed by atoms with van der Waals surface area (Å²) in [5, 5.41) is 5.39. The fraction of sp³-hybridized carbons (Fsp3) is 0.200. The molecule has 0 fully saturated rings. The van der Waals surface area contributed by atoms with Crippen LogP contribution in [0, 0.1) is 0 Å². The van der Waals surface area contributed by atoms with Gasteiger partial charge in [-0.3, -0.25) is 14.5 Å². The first-order chi connectivity index (χ1) is 16.2. The van der Waals surface area contributed by atoms with E-state index in [4.69, 9.17) is 4.79 Å². The van der Waals surface area contributed by atoms with Crippen LogP contribution in [0.2, 0.25) is 0 Å². The first-order valence-electron chi connectivity index (χ1n) is 10.3. The zero-order valence-electron chi connectivity index (χ0n) is 19.7. The van der Waals surface area contributed by atoms with Crippen molar-refractivity contribution >= 4 is 41.1 Å². The topological polar surface area (TPSA) is 108 Å². The maximum absolute atomic E-state index is 13.0. The zero-order valence-corrected chi connectivity index (χ0v) is 19.7. The van der Waals surface area contributed by atoms with Crippen LogP contribution in [0.25, 0.3) is 0 Å². The van der Waals surface area contributed by atoms with Crippen LogP contribution in [-0.4, -0.2) is 50.2 Å². The van der Waals surface area contributed by atoms with Crippen molar-refractivity contribution in [2.45, 2.75) is 13.5 Å². The summed E-state index contributed by atoms with van der Waals surface area (Å²) < 4.78 is 4.52. The molecule has 1 heterocycles. The minimum atomic E-state index is -0.773. The third-order valence-electron chi connectivity index (χ3n) is 5.13. The molecule has 178 valence electrons. The van der Waals surface area contributed by atoms with Gasteiger partial charge >= 0.3 is 5.97 Å². The lowest BCUT2D eigenvalue weighted by Crippen LogP contribution is -2.36. The highest BCUT2D eigenvalue weighted by Crippen LogP contribution is 2.36. The molecular formula is C25H28N4O5. The van der Waals surface area contributed by atoms with E-state index in [1.165, 1.54) is 18.9 Å². The highest BCUT2D eigenvalue weighted by Gasteiger charge is 2.34. The number of esters is 1. The Morgan fingerprint density at radius 3 is 2.32 bits per heavy atom. The summed E-state index contributed by atoms with van der Waals surface area (Å²) in [5.41, 5.74) is 3.75. The van der Waals surface area contributed by atoms with Gasteiger partial charge in [0.2, 0.25) is 0 Å². The quantitative estimate of drug-likeness (QED) is 0.368. The van der Waals surface area contributed by atoms with Gasteiger partial charge in [0.05, 0.1) is 13.7 Å². The third-order valence-corrected chi connectivity index (χ3v) is 5.13. The maximum atomic E-state index is 13.0. The number of ether oxygens (including phenoxy) is 1. The van der Waals surface area contributed by atoms with Crippen molar-refractivity contribution in [1.82, 2.24) is 10.2 Å². The van der Waals surface area contributed by atoms with Crippen LogP contribution in [0.4, 0.5) is 17.1 Å². The lowest BCUT2D eigenvalue weighted by molar-refractivity contribution is -0.137. The molecule has 34 heavy (non-hydrogen) atoms. The zero-order chi connectivity index (χ0) is 25.4. The Morgan fingerprint density at radius 2 is 1.76 bits per heavy atom. The number of nitrogens with one attached hydrogen (secondary N) is 2. The number of hydrogen-bond donors (Lipinski definition) is 2. The summed E-state index contributed by atoms with van der Waals surface area (Å²) in [6.07, 6.45) is 0.750. The summed E-state index contributed by atoms with van der Waals surface area (Å²) >= 11 is 0. The fourth-order valence-electron chi connectivity index (χ4n) is 3.35. The van der Waals surface area contributed by atoms with Crippen molar-refractivity contribution in [3.63, 3.8) is 0 Å². The van der Waals surface area contributed by atoms with Crippen LogP contribution in [0.3, 0.4) is 0 Å². The van der Waals surface area contributed by atoms with Crippen molar-refractivity contribution in [3.8, 4) is 0 Å². The number of fused-ring (bicyclic) bond motifs is 1. The average Bonchev–Trinajstić information content (AvgIpc) is 3.19. The minimum absolute atomic E-state index is 0.0850. The lowest BCUT2D eigenvalue weighted by Gasteiger charge is -2.23. The van der Waals surface area contributed by atoms with Crippen molar-refractivity contribution in [1.29, 1.82) is 0 Å². The standard InChI is InChI=1S/C23H24N4O4.C2H4O/c1-14(23(30)31-5)25-21(28)15(2)27-13-19-18(22(27)29)7-6-8-20(19)26(4)17-11-9-16(24-3)10-12-17;1-2-3/h6-12,24H,1-2,13H2,3-5H3,(H,25,28);2H,1H3. The first-order valence-corrected chi connectivity index (χ1v) is 10.3. The molecule has 0 saturated heterocycles. The van der Waals surface area contributed by atoms with E-state index in [2.05, 4.69) is 28.5 Å². The number of anilines is 3. The molecule has 0 unspecified atom stereocenters. The number of hydrogen-bond acceptors (Lipinski definition) is 7. The molecule has 0 saturated carbocycles. The van der Waals surface area contributed by atoms with Gasteiger partial charge in [0.15, 0.2) is 0 Å². The molecule has 0 radical (unpaired) electrons. The van der Waals surface area contributed by atoms with Crippen molar-refractivity contribution in [3.05, 3.63) is 78.1 Å². The number of aldehydes is 1. The molecule has 3 rings (SSSR count). The van der Waals surface area contributed by atoms with E-state index in [-0.39, 0.29) is 23.8 Å². The second-order valence-corrected chi connectivity index (χ2v) is 7.16. The SMILES string of the molecule is C=C(NC(=O)C(=C)N1Cc2c(cccc2N(C)c2ccc(NC)cc2)C1=O)C(=O)OC.CC=O. The first kappa shape index (κ1) is 25.9. The van der Waals surface area contributed by atoms with Gasteiger partial charge in [0, 0.05) is 42.3 Å². The molecule has 2 N–H and O–H groups in total. The van der Waals surface area contributed by atoms with Gasteiger partial charge in [0.25, 0.3) is 11.8 Å². The number of carbonyl (C=O) groups excluding carboxylic acids is 4. The van der Waals surface area contributed by atoms with Crippen LogP contribution in [0.5, 0.6) is 0 Å². The van der Waals surface area contributed by atoms with Crippen LogP contribution in [-0.2, 0) is 25.7 Å². The van der Waals surface area contributed by atoms with E-state index in [1.54, 1.807) is 12.1 Å². The Labute approximate surface area is 198 Å². The lowest BCUT2D eigenvalue weighted by atomic mass is 10.1. The fourth-order valence-corrected chi connectivity index (χ4v) is 3.35. The number of amides is 2. The molecule has 2 aromatic rings. The predicted octanol–water partition coefficient (Wildman–Crippen LogP) is 2.97. The second kappa shape index (κ2) is 11.5. The summed E-state index contributed by atoms with van der Waals surface area (Å²) in [6, 6.07) is 13.3. The third kappa shape index (κ3) is 5.50. The highest BCUT2D eigenvalue weighted by molar-refractivity contribution is 6.07. The Balaban J connectivity index is 0.00000129. The highest BCUT2D eigenvalue weighted by atomic mass is 16.5. The van der Waals surface area contributed by atoms with Crippen molar-refractivity contribution < 1.29 is 23.9 Å². The van der Waals surface area contributed by atoms with Gasteiger partial charge < -0.3 is 25.1 Å². The summed E-state index contributed by atoms with van der Waals surface area (Å²) in [4.78, 5) is 49.0. The van der Waals surface area contributed by atoms with Crippen LogP contribution in [0.15, 0.2) is 67.0 Å². The van der Waals surface area contributed by atoms with Gasteiger partial charge in [-0.15, -0.1) is 0 Å². The number of methoxy groups -OCH3 is 1. The monoisotopic (exact) mass is 464 g/mol. The number of benzene rings is 2. The van der Waals surface area contributed by atoms with Crippen LogP contribution < -0.4 is 15.5 Å². The van der Waals surface area contributed by atoms with E-state index in [0.29, 0.717) is 5.56 Å². The van der Waals surface area contributed by atoms with Crippen molar-refractivity contribution in [2.24, 2.45) is 0 Å². The molecule has 2 amide bonds. The molecule has 0 spiro atoms. The number of carbonyl (C=O) groups is 4. The van der Waals surface area contributed by atoms with E-state index in [1.807, 2.05) is 49.3 Å². The van der Waals surface area contributed by atoms with Gasteiger partial charge in [-0.05, 0) is 43.3 Å². The number of nitrogens with zero attached hydrogens (tertiary/aromatic N) is 2. The smallest absolute Gasteiger partial charge is 0.353 e. The van der Waals surface area contributed by atoms with E-state index in [9.17, 15) is 14.4 Å². The molecule has 2 aromatic carbocycles. The maximum Gasteiger partial charge on any atom is 0.353 e. The summed E-state index contributed by atoms with van der Waals surface area (Å²) in [7, 11) is 4.95. The minimum Gasteiger partial charge on any atom is -0.464 e. The van der Waals surface area contributed by atoms with Gasteiger partial charge in [-0.1, -0.05) is 19.2 Å². The Bertz CT molecular complexity index is 1120. The molecule has 9 heteroatoms. The van der Waals surface area contributed by atoms with Gasteiger partial charge in [0.1, 0.15) is 17.7 Å². The van der Waals surface area contributed by atoms with E-state index >= 15 is 0 Å². The molecule has 1 aliphatic heterocycles. The van der Waals surface area contributed by atoms with Crippen molar-refractivity contribution in [2.75, 3.05) is 31.4 Å². The normalized spacial score (nSPS) is 11.4. The average molecular weight is 465 g/mol.